The summed E-state index contributed by atoms with van der Waals surface area (Å²) in [5.74, 6) is 0.285. The summed E-state index contributed by atoms with van der Waals surface area (Å²) in [6.07, 6.45) is 3.26. The van der Waals surface area contributed by atoms with E-state index in [4.69, 9.17) is 9.97 Å². The van der Waals surface area contributed by atoms with Gasteiger partial charge in [0, 0.05) is 37.3 Å². The van der Waals surface area contributed by atoms with Crippen molar-refractivity contribution < 1.29 is 15.0 Å². The number of phenolic OH excluding ortho intramolecular Hbond substituents is 1. The number of aromatic hydroxyl groups is 1. The lowest BCUT2D eigenvalue weighted by atomic mass is 10.2. The van der Waals surface area contributed by atoms with E-state index in [0.717, 1.165) is 29.7 Å². The highest BCUT2D eigenvalue weighted by atomic mass is 16.4. The zero-order valence-corrected chi connectivity index (χ0v) is 19.6. The smallest absolute Gasteiger partial charge is 0.326 e. The van der Waals surface area contributed by atoms with E-state index in [-0.39, 0.29) is 5.75 Å². The van der Waals surface area contributed by atoms with Crippen LogP contribution in [0.1, 0.15) is 13.0 Å². The minimum Gasteiger partial charge on any atom is -0.508 e. The first-order valence-corrected chi connectivity index (χ1v) is 11.7. The molecular weight excluding hydrogens is 460 g/mol. The Bertz CT molecular complexity index is 1570. The number of phenols is 1. The molecule has 1 atom stereocenters. The Balaban J connectivity index is 1.41. The first-order chi connectivity index (χ1) is 17.5. The lowest BCUT2D eigenvalue weighted by Crippen LogP contribution is -2.47. The summed E-state index contributed by atoms with van der Waals surface area (Å²) in [7, 11) is 0. The summed E-state index contributed by atoms with van der Waals surface area (Å²) in [6.45, 7) is 4.51. The fourth-order valence-corrected chi connectivity index (χ4v) is 4.59. The molecule has 0 saturated carbocycles. The van der Waals surface area contributed by atoms with Crippen LogP contribution in [0, 0.1) is 0 Å². The quantitative estimate of drug-likeness (QED) is 0.387. The second-order valence-electron chi connectivity index (χ2n) is 8.79. The molecule has 1 fully saturated rings. The maximum Gasteiger partial charge on any atom is 0.326 e. The average molecular weight is 485 g/mol. The molecule has 4 heterocycles. The van der Waals surface area contributed by atoms with Crippen LogP contribution in [0.15, 0.2) is 61.1 Å². The predicted molar refractivity (Wildman–Crippen MR) is 135 cm³/mol. The molecule has 0 aliphatic carbocycles. The molecule has 182 valence electrons. The van der Waals surface area contributed by atoms with E-state index in [1.807, 2.05) is 36.4 Å². The number of anilines is 2. The second-order valence-corrected chi connectivity index (χ2v) is 8.79. The van der Waals surface area contributed by atoms with Crippen molar-refractivity contribution in [3.8, 4) is 11.6 Å². The molecule has 1 aliphatic heterocycles. The monoisotopic (exact) mass is 484 g/mol. The Labute approximate surface area is 205 Å². The number of carboxylic acids is 1. The summed E-state index contributed by atoms with van der Waals surface area (Å²) in [5.41, 5.74) is 2.85. The molecule has 1 aliphatic rings. The number of imidazole rings is 1. The zero-order chi connectivity index (χ0) is 24.8. The van der Waals surface area contributed by atoms with Gasteiger partial charge in [0.2, 0.25) is 5.95 Å². The number of nitrogens with zero attached hydrogens (tertiary/aromatic N) is 8. The van der Waals surface area contributed by atoms with Gasteiger partial charge in [-0.25, -0.2) is 14.5 Å². The van der Waals surface area contributed by atoms with Gasteiger partial charge in [-0.1, -0.05) is 18.2 Å². The maximum absolute atomic E-state index is 11.8. The fraction of sp³-hybridized carbons (Fsp3) is 0.240. The minimum atomic E-state index is -0.972. The number of carbonyl (C=O) groups is 1. The van der Waals surface area contributed by atoms with Crippen LogP contribution < -0.4 is 9.80 Å². The van der Waals surface area contributed by atoms with E-state index in [1.54, 1.807) is 34.5 Å². The fourth-order valence-electron chi connectivity index (χ4n) is 4.59. The van der Waals surface area contributed by atoms with E-state index in [0.29, 0.717) is 36.0 Å². The van der Waals surface area contributed by atoms with Gasteiger partial charge in [0.05, 0.1) is 18.0 Å². The molecule has 36 heavy (non-hydrogen) atoms. The van der Waals surface area contributed by atoms with Gasteiger partial charge >= 0.3 is 5.97 Å². The third-order valence-corrected chi connectivity index (χ3v) is 6.63. The van der Waals surface area contributed by atoms with Gasteiger partial charge < -0.3 is 24.6 Å². The Morgan fingerprint density at radius 2 is 1.69 bits per heavy atom. The number of carboxylic acid groups (broad SMARTS) is 1. The van der Waals surface area contributed by atoms with Crippen molar-refractivity contribution in [1.29, 1.82) is 0 Å². The van der Waals surface area contributed by atoms with Crippen LogP contribution in [-0.2, 0) is 4.79 Å². The standard InChI is InChI=1S/C25H24N8O3/c1-16(24(35)36)32-15-26-22-21(32)23(33-20-5-3-2-4-17(20)14-27-33)29-25(28-22)31-12-10-30(11-13-31)18-6-8-19(34)9-7-18/h2-9,14-16,34H,10-13H2,1H3,(H,35,36). The molecule has 5 aromatic rings. The Kier molecular flexibility index (Phi) is 5.17. The van der Waals surface area contributed by atoms with Crippen molar-refractivity contribution in [3.05, 3.63) is 61.1 Å². The summed E-state index contributed by atoms with van der Waals surface area (Å²) < 4.78 is 3.30. The first-order valence-electron chi connectivity index (χ1n) is 11.7. The molecule has 0 bridgehead atoms. The number of hydrogen-bond donors (Lipinski definition) is 2. The van der Waals surface area contributed by atoms with Crippen LogP contribution >= 0.6 is 0 Å². The molecule has 11 nitrogen and oxygen atoms in total. The molecule has 2 aromatic carbocycles. The normalized spacial score (nSPS) is 15.0. The zero-order valence-electron chi connectivity index (χ0n) is 19.6. The molecule has 0 radical (unpaired) electrons. The van der Waals surface area contributed by atoms with Crippen LogP contribution in [0.3, 0.4) is 0 Å². The summed E-state index contributed by atoms with van der Waals surface area (Å²) >= 11 is 0. The van der Waals surface area contributed by atoms with Crippen molar-refractivity contribution in [3.63, 3.8) is 0 Å². The summed E-state index contributed by atoms with van der Waals surface area (Å²) in [4.78, 5) is 30.2. The Morgan fingerprint density at radius 1 is 0.972 bits per heavy atom. The van der Waals surface area contributed by atoms with E-state index < -0.39 is 12.0 Å². The number of hydrogen-bond acceptors (Lipinski definition) is 8. The number of fused-ring (bicyclic) bond motifs is 2. The van der Waals surface area contributed by atoms with Gasteiger partial charge in [0.25, 0.3) is 0 Å². The summed E-state index contributed by atoms with van der Waals surface area (Å²) in [6, 6.07) is 14.1. The lowest BCUT2D eigenvalue weighted by molar-refractivity contribution is -0.140. The topological polar surface area (TPSA) is 125 Å². The van der Waals surface area contributed by atoms with Crippen LogP contribution in [0.5, 0.6) is 5.75 Å². The van der Waals surface area contributed by atoms with Crippen LogP contribution in [0.4, 0.5) is 11.6 Å². The second kappa shape index (κ2) is 8.52. The van der Waals surface area contributed by atoms with Gasteiger partial charge in [-0.15, -0.1) is 0 Å². The number of piperazine rings is 1. The van der Waals surface area contributed by atoms with Crippen molar-refractivity contribution in [2.45, 2.75) is 13.0 Å². The molecule has 1 unspecified atom stereocenters. The van der Waals surface area contributed by atoms with E-state index >= 15 is 0 Å². The first kappa shape index (κ1) is 21.8. The lowest BCUT2D eigenvalue weighted by Gasteiger charge is -2.36. The number of benzene rings is 2. The van der Waals surface area contributed by atoms with Gasteiger partial charge in [-0.05, 0) is 37.3 Å². The highest BCUT2D eigenvalue weighted by Crippen LogP contribution is 2.28. The van der Waals surface area contributed by atoms with Crippen molar-refractivity contribution >= 4 is 39.7 Å². The number of rotatable bonds is 5. The predicted octanol–water partition coefficient (Wildman–Crippen LogP) is 2.84. The number of aliphatic carboxylic acids is 1. The molecule has 6 rings (SSSR count). The molecular formula is C25H24N8O3. The third kappa shape index (κ3) is 3.65. The molecule has 3 aromatic heterocycles. The maximum atomic E-state index is 11.8. The third-order valence-electron chi connectivity index (χ3n) is 6.63. The highest BCUT2D eigenvalue weighted by Gasteiger charge is 2.26. The molecule has 0 spiro atoms. The van der Waals surface area contributed by atoms with E-state index in [9.17, 15) is 15.0 Å². The van der Waals surface area contributed by atoms with Gasteiger partial charge in [0.1, 0.15) is 17.3 Å². The average Bonchev–Trinajstić information content (AvgIpc) is 3.53. The molecule has 11 heteroatoms. The van der Waals surface area contributed by atoms with E-state index in [2.05, 4.69) is 19.9 Å². The SMILES string of the molecule is CC(C(=O)O)n1cnc2nc(N3CCN(c4ccc(O)cc4)CC3)nc(-n3ncc4ccccc43)c21. The van der Waals surface area contributed by atoms with Crippen LogP contribution in [0.25, 0.3) is 27.9 Å². The minimum absolute atomic E-state index is 0.245. The van der Waals surface area contributed by atoms with Crippen molar-refractivity contribution in [1.82, 2.24) is 29.3 Å². The Morgan fingerprint density at radius 3 is 2.44 bits per heavy atom. The van der Waals surface area contributed by atoms with Crippen molar-refractivity contribution in [2.24, 2.45) is 0 Å². The van der Waals surface area contributed by atoms with Gasteiger partial charge in [-0.2, -0.15) is 15.1 Å². The summed E-state index contributed by atoms with van der Waals surface area (Å²) in [5, 5.41) is 24.8. The van der Waals surface area contributed by atoms with Crippen LogP contribution in [0.2, 0.25) is 0 Å². The van der Waals surface area contributed by atoms with Crippen molar-refractivity contribution in [2.75, 3.05) is 36.0 Å². The molecule has 0 amide bonds. The van der Waals surface area contributed by atoms with Gasteiger partial charge in [-0.3, -0.25) is 0 Å². The Hall–Kier alpha value is -4.67. The molecule has 1 saturated heterocycles. The number of para-hydroxylation sites is 1. The largest absolute Gasteiger partial charge is 0.508 e. The van der Waals surface area contributed by atoms with Gasteiger partial charge in [0.15, 0.2) is 11.5 Å². The van der Waals surface area contributed by atoms with E-state index in [1.165, 1.54) is 6.33 Å². The highest BCUT2D eigenvalue weighted by molar-refractivity contribution is 5.87. The molecule has 2 N–H and O–H groups in total. The van der Waals surface area contributed by atoms with Crippen LogP contribution in [-0.4, -0.2) is 71.7 Å². The number of aromatic nitrogens is 6.